The Kier molecular flexibility index (Phi) is 3.47. The Labute approximate surface area is 89.1 Å². The van der Waals surface area contributed by atoms with E-state index in [1.54, 1.807) is 18.5 Å². The fraction of sp³-hybridized carbons (Fsp3) is 0.600. The first-order valence-electron chi connectivity index (χ1n) is 4.84. The van der Waals surface area contributed by atoms with Crippen LogP contribution in [0.25, 0.3) is 0 Å². The van der Waals surface area contributed by atoms with Crippen molar-refractivity contribution in [1.82, 2.24) is 15.1 Å². The van der Waals surface area contributed by atoms with E-state index in [9.17, 15) is 4.79 Å². The van der Waals surface area contributed by atoms with Gasteiger partial charge in [-0.15, -0.1) is 0 Å². The standard InChI is InChI=1S/C10H17N3O2/c1-10(2,9(14)15)7-11-6-8-4-5-13(3)12-8/h4-5,11H,6-7H2,1-3H3,(H,14,15). The van der Waals surface area contributed by atoms with Gasteiger partial charge in [0.15, 0.2) is 0 Å². The summed E-state index contributed by atoms with van der Waals surface area (Å²) in [6.45, 7) is 4.41. The zero-order valence-corrected chi connectivity index (χ0v) is 9.32. The van der Waals surface area contributed by atoms with Crippen LogP contribution in [0.2, 0.25) is 0 Å². The first kappa shape index (κ1) is 11.7. The van der Waals surface area contributed by atoms with E-state index in [1.807, 2.05) is 19.3 Å². The van der Waals surface area contributed by atoms with Crippen LogP contribution in [0.15, 0.2) is 12.3 Å². The second kappa shape index (κ2) is 4.44. The Morgan fingerprint density at radius 2 is 2.33 bits per heavy atom. The van der Waals surface area contributed by atoms with Crippen LogP contribution in [-0.2, 0) is 18.4 Å². The molecular weight excluding hydrogens is 194 g/mol. The van der Waals surface area contributed by atoms with E-state index in [4.69, 9.17) is 5.11 Å². The number of aliphatic carboxylic acids is 1. The lowest BCUT2D eigenvalue weighted by molar-refractivity contribution is -0.146. The van der Waals surface area contributed by atoms with Crippen molar-refractivity contribution in [2.75, 3.05) is 6.54 Å². The SMILES string of the molecule is Cn1ccc(CNCC(C)(C)C(=O)O)n1. The molecule has 0 amide bonds. The van der Waals surface area contributed by atoms with Gasteiger partial charge in [-0.2, -0.15) is 5.10 Å². The largest absolute Gasteiger partial charge is 0.481 e. The maximum atomic E-state index is 10.8. The van der Waals surface area contributed by atoms with Crippen LogP contribution in [0.1, 0.15) is 19.5 Å². The Bertz CT molecular complexity index is 344. The molecule has 0 radical (unpaired) electrons. The molecule has 0 atom stereocenters. The lowest BCUT2D eigenvalue weighted by Crippen LogP contribution is -2.35. The number of nitrogens with zero attached hydrogens (tertiary/aromatic N) is 2. The van der Waals surface area contributed by atoms with Crippen LogP contribution in [0.5, 0.6) is 0 Å². The highest BCUT2D eigenvalue weighted by atomic mass is 16.4. The molecule has 1 heterocycles. The van der Waals surface area contributed by atoms with Crippen molar-refractivity contribution < 1.29 is 9.90 Å². The molecule has 1 aromatic heterocycles. The Morgan fingerprint density at radius 1 is 1.67 bits per heavy atom. The van der Waals surface area contributed by atoms with Gasteiger partial charge in [0.05, 0.1) is 11.1 Å². The Hall–Kier alpha value is -1.36. The third kappa shape index (κ3) is 3.36. The lowest BCUT2D eigenvalue weighted by Gasteiger charge is -2.18. The van der Waals surface area contributed by atoms with Gasteiger partial charge in [0.25, 0.3) is 0 Å². The number of rotatable bonds is 5. The summed E-state index contributed by atoms with van der Waals surface area (Å²) in [5.41, 5.74) is 0.174. The van der Waals surface area contributed by atoms with Gasteiger partial charge in [-0.05, 0) is 19.9 Å². The number of carboxylic acid groups (broad SMARTS) is 1. The molecule has 5 nitrogen and oxygen atoms in total. The fourth-order valence-corrected chi connectivity index (χ4v) is 1.14. The van der Waals surface area contributed by atoms with Crippen LogP contribution >= 0.6 is 0 Å². The van der Waals surface area contributed by atoms with E-state index in [-0.39, 0.29) is 0 Å². The molecule has 5 heteroatoms. The van der Waals surface area contributed by atoms with Crippen molar-refractivity contribution in [2.45, 2.75) is 20.4 Å². The summed E-state index contributed by atoms with van der Waals surface area (Å²) < 4.78 is 1.72. The zero-order chi connectivity index (χ0) is 11.5. The van der Waals surface area contributed by atoms with Gasteiger partial charge in [0, 0.05) is 26.3 Å². The molecule has 0 aliphatic carbocycles. The first-order valence-corrected chi connectivity index (χ1v) is 4.84. The predicted molar refractivity (Wildman–Crippen MR) is 56.3 cm³/mol. The molecule has 0 aliphatic rings. The van der Waals surface area contributed by atoms with Gasteiger partial charge >= 0.3 is 5.97 Å². The van der Waals surface area contributed by atoms with Gasteiger partial charge < -0.3 is 10.4 Å². The minimum Gasteiger partial charge on any atom is -0.481 e. The maximum Gasteiger partial charge on any atom is 0.310 e. The van der Waals surface area contributed by atoms with E-state index in [1.165, 1.54) is 0 Å². The van der Waals surface area contributed by atoms with E-state index >= 15 is 0 Å². The van der Waals surface area contributed by atoms with Gasteiger partial charge in [-0.3, -0.25) is 9.48 Å². The second-order valence-corrected chi connectivity index (χ2v) is 4.27. The average Bonchev–Trinajstić information content (AvgIpc) is 2.51. The predicted octanol–water partition coefficient (Wildman–Crippen LogP) is 0.620. The smallest absolute Gasteiger partial charge is 0.310 e. The van der Waals surface area contributed by atoms with Crippen molar-refractivity contribution >= 4 is 5.97 Å². The van der Waals surface area contributed by atoms with Gasteiger partial charge in [-0.1, -0.05) is 0 Å². The van der Waals surface area contributed by atoms with Crippen LogP contribution in [0.3, 0.4) is 0 Å². The third-order valence-corrected chi connectivity index (χ3v) is 2.22. The summed E-state index contributed by atoms with van der Waals surface area (Å²) in [6.07, 6.45) is 1.86. The minimum absolute atomic E-state index is 0.429. The zero-order valence-electron chi connectivity index (χ0n) is 9.32. The molecule has 0 bridgehead atoms. The third-order valence-electron chi connectivity index (χ3n) is 2.22. The molecule has 0 fully saturated rings. The molecule has 2 N–H and O–H groups in total. The fourth-order valence-electron chi connectivity index (χ4n) is 1.14. The maximum absolute atomic E-state index is 10.8. The average molecular weight is 211 g/mol. The second-order valence-electron chi connectivity index (χ2n) is 4.27. The highest BCUT2D eigenvalue weighted by molar-refractivity contribution is 5.73. The monoisotopic (exact) mass is 211 g/mol. The van der Waals surface area contributed by atoms with E-state index in [0.717, 1.165) is 5.69 Å². The summed E-state index contributed by atoms with van der Waals surface area (Å²) in [5.74, 6) is -0.795. The molecule has 1 rings (SSSR count). The van der Waals surface area contributed by atoms with Crippen LogP contribution < -0.4 is 5.32 Å². The quantitative estimate of drug-likeness (QED) is 0.749. The Balaban J connectivity index is 2.36. The minimum atomic E-state index is -0.795. The summed E-state index contributed by atoms with van der Waals surface area (Å²) in [7, 11) is 1.85. The Morgan fingerprint density at radius 3 is 2.80 bits per heavy atom. The molecular formula is C10H17N3O2. The van der Waals surface area contributed by atoms with E-state index in [0.29, 0.717) is 13.1 Å². The van der Waals surface area contributed by atoms with Crippen molar-refractivity contribution in [1.29, 1.82) is 0 Å². The molecule has 0 unspecified atom stereocenters. The summed E-state index contributed by atoms with van der Waals surface area (Å²) in [4.78, 5) is 10.8. The summed E-state index contributed by atoms with van der Waals surface area (Å²) in [6, 6.07) is 1.90. The highest BCUT2D eigenvalue weighted by Gasteiger charge is 2.26. The number of aromatic nitrogens is 2. The molecule has 0 saturated heterocycles. The van der Waals surface area contributed by atoms with Crippen molar-refractivity contribution in [3.05, 3.63) is 18.0 Å². The number of hydrogen-bond donors (Lipinski definition) is 2. The number of nitrogens with one attached hydrogen (secondary N) is 1. The van der Waals surface area contributed by atoms with Crippen molar-refractivity contribution in [3.63, 3.8) is 0 Å². The molecule has 0 saturated carbocycles. The molecule has 84 valence electrons. The molecule has 1 aromatic rings. The van der Waals surface area contributed by atoms with E-state index < -0.39 is 11.4 Å². The van der Waals surface area contributed by atoms with Crippen LogP contribution in [0.4, 0.5) is 0 Å². The summed E-state index contributed by atoms with van der Waals surface area (Å²) in [5, 5.41) is 16.1. The molecule has 15 heavy (non-hydrogen) atoms. The van der Waals surface area contributed by atoms with Crippen molar-refractivity contribution in [3.8, 4) is 0 Å². The number of carbonyl (C=O) groups is 1. The molecule has 0 aromatic carbocycles. The number of hydrogen-bond acceptors (Lipinski definition) is 3. The lowest BCUT2D eigenvalue weighted by atomic mass is 9.94. The first-order chi connectivity index (χ1) is 6.92. The molecule has 0 aliphatic heterocycles. The van der Waals surface area contributed by atoms with Gasteiger partial charge in [-0.25, -0.2) is 0 Å². The normalized spacial score (nSPS) is 11.7. The van der Waals surface area contributed by atoms with Gasteiger partial charge in [0.2, 0.25) is 0 Å². The van der Waals surface area contributed by atoms with Crippen LogP contribution in [0, 0.1) is 5.41 Å². The summed E-state index contributed by atoms with van der Waals surface area (Å²) >= 11 is 0. The number of carboxylic acids is 1. The highest BCUT2D eigenvalue weighted by Crippen LogP contribution is 2.13. The van der Waals surface area contributed by atoms with Crippen molar-refractivity contribution in [2.24, 2.45) is 12.5 Å². The van der Waals surface area contributed by atoms with Gasteiger partial charge in [0.1, 0.15) is 0 Å². The van der Waals surface area contributed by atoms with E-state index in [2.05, 4.69) is 10.4 Å². The molecule has 0 spiro atoms. The topological polar surface area (TPSA) is 67.2 Å². The number of aryl methyl sites for hydroxylation is 1. The van der Waals surface area contributed by atoms with Crippen LogP contribution in [-0.4, -0.2) is 27.4 Å².